The van der Waals surface area contributed by atoms with E-state index >= 15 is 0 Å². The molecule has 0 unspecified atom stereocenters. The third kappa shape index (κ3) is 3.30. The average molecular weight is 236 g/mol. The van der Waals surface area contributed by atoms with Crippen LogP contribution in [-0.2, 0) is 9.53 Å². The SMILES string of the molecule is COCC(=O)NC1CCC(n2c[c]cn2)CC1. The molecule has 1 aliphatic carbocycles. The third-order valence-electron chi connectivity index (χ3n) is 3.18. The topological polar surface area (TPSA) is 56.1 Å². The molecule has 1 radical (unpaired) electrons. The monoisotopic (exact) mass is 236 g/mol. The summed E-state index contributed by atoms with van der Waals surface area (Å²) in [6.45, 7) is 0.147. The van der Waals surface area contributed by atoms with Gasteiger partial charge in [-0.25, -0.2) is 0 Å². The predicted molar refractivity (Wildman–Crippen MR) is 62.4 cm³/mol. The van der Waals surface area contributed by atoms with Gasteiger partial charge in [0.2, 0.25) is 5.91 Å². The van der Waals surface area contributed by atoms with Crippen LogP contribution in [0.2, 0.25) is 0 Å². The maximum absolute atomic E-state index is 11.4. The number of nitrogens with zero attached hydrogens (tertiary/aromatic N) is 2. The Labute approximate surface area is 101 Å². The first-order valence-electron chi connectivity index (χ1n) is 5.98. The zero-order valence-electron chi connectivity index (χ0n) is 10.1. The van der Waals surface area contributed by atoms with Gasteiger partial charge in [0.25, 0.3) is 0 Å². The number of carbonyl (C=O) groups excluding carboxylic acids is 1. The highest BCUT2D eigenvalue weighted by atomic mass is 16.5. The Morgan fingerprint density at radius 1 is 1.53 bits per heavy atom. The van der Waals surface area contributed by atoms with Crippen molar-refractivity contribution in [3.8, 4) is 0 Å². The number of carbonyl (C=O) groups is 1. The van der Waals surface area contributed by atoms with Crippen LogP contribution in [-0.4, -0.2) is 35.4 Å². The number of hydrogen-bond donors (Lipinski definition) is 1. The first kappa shape index (κ1) is 12.1. The number of methoxy groups -OCH3 is 1. The van der Waals surface area contributed by atoms with Crippen LogP contribution in [0.15, 0.2) is 12.4 Å². The van der Waals surface area contributed by atoms with Gasteiger partial charge in [-0.05, 0) is 25.7 Å². The second-order valence-electron chi connectivity index (χ2n) is 4.43. The molecule has 0 atom stereocenters. The number of rotatable bonds is 4. The van der Waals surface area contributed by atoms with Gasteiger partial charge in [-0.3, -0.25) is 9.48 Å². The van der Waals surface area contributed by atoms with Crippen LogP contribution in [0, 0.1) is 6.07 Å². The Balaban J connectivity index is 1.76. The highest BCUT2D eigenvalue weighted by Gasteiger charge is 2.23. The van der Waals surface area contributed by atoms with Gasteiger partial charge in [-0.2, -0.15) is 5.10 Å². The molecule has 1 amide bonds. The summed E-state index contributed by atoms with van der Waals surface area (Å²) in [4.78, 5) is 11.4. The van der Waals surface area contributed by atoms with Crippen LogP contribution in [0.1, 0.15) is 31.7 Å². The van der Waals surface area contributed by atoms with Crippen molar-refractivity contribution in [1.82, 2.24) is 15.1 Å². The zero-order chi connectivity index (χ0) is 12.1. The van der Waals surface area contributed by atoms with E-state index in [1.807, 2.05) is 10.9 Å². The molecule has 5 nitrogen and oxygen atoms in total. The Hall–Kier alpha value is -1.36. The van der Waals surface area contributed by atoms with Crippen molar-refractivity contribution in [3.05, 3.63) is 18.5 Å². The smallest absolute Gasteiger partial charge is 0.246 e. The molecule has 1 saturated carbocycles. The molecule has 1 aromatic rings. The summed E-state index contributed by atoms with van der Waals surface area (Å²) in [7, 11) is 1.53. The van der Waals surface area contributed by atoms with E-state index in [9.17, 15) is 4.79 Å². The van der Waals surface area contributed by atoms with Gasteiger partial charge in [0.05, 0.1) is 12.2 Å². The van der Waals surface area contributed by atoms with Crippen LogP contribution >= 0.6 is 0 Å². The molecule has 1 aliphatic rings. The fraction of sp³-hybridized carbons (Fsp3) is 0.667. The minimum Gasteiger partial charge on any atom is -0.375 e. The second kappa shape index (κ2) is 5.82. The van der Waals surface area contributed by atoms with Crippen molar-refractivity contribution in [2.45, 2.75) is 37.8 Å². The molecule has 0 aliphatic heterocycles. The molecular formula is C12H18N3O2. The van der Waals surface area contributed by atoms with Gasteiger partial charge in [0.15, 0.2) is 0 Å². The van der Waals surface area contributed by atoms with Gasteiger partial charge in [0.1, 0.15) is 6.61 Å². The van der Waals surface area contributed by atoms with Gasteiger partial charge in [0, 0.05) is 25.4 Å². The van der Waals surface area contributed by atoms with E-state index in [1.165, 1.54) is 7.11 Å². The highest BCUT2D eigenvalue weighted by molar-refractivity contribution is 5.77. The fourth-order valence-electron chi connectivity index (χ4n) is 2.33. The number of hydrogen-bond acceptors (Lipinski definition) is 3. The Morgan fingerprint density at radius 3 is 2.88 bits per heavy atom. The van der Waals surface area contributed by atoms with Gasteiger partial charge in [-0.15, -0.1) is 0 Å². The van der Waals surface area contributed by atoms with Gasteiger partial charge in [-0.1, -0.05) is 0 Å². The number of ether oxygens (including phenoxy) is 1. The standard InChI is InChI=1S/C12H18N3O2/c1-17-9-12(16)14-10-3-5-11(6-4-10)15-8-2-7-13-15/h7-8,10-11H,3-6,9H2,1H3,(H,14,16). The lowest BCUT2D eigenvalue weighted by molar-refractivity contribution is -0.125. The Bertz CT molecular complexity index is 343. The summed E-state index contributed by atoms with van der Waals surface area (Å²) in [5.74, 6) is -0.0247. The normalized spacial score (nSPS) is 24.5. The molecule has 0 aromatic carbocycles. The highest BCUT2D eigenvalue weighted by Crippen LogP contribution is 2.27. The van der Waals surface area contributed by atoms with Crippen LogP contribution in [0.5, 0.6) is 0 Å². The van der Waals surface area contributed by atoms with Crippen molar-refractivity contribution in [1.29, 1.82) is 0 Å². The van der Waals surface area contributed by atoms with Crippen molar-refractivity contribution < 1.29 is 9.53 Å². The lowest BCUT2D eigenvalue weighted by Crippen LogP contribution is -2.39. The maximum Gasteiger partial charge on any atom is 0.246 e. The lowest BCUT2D eigenvalue weighted by Gasteiger charge is -2.29. The lowest BCUT2D eigenvalue weighted by atomic mass is 9.91. The summed E-state index contributed by atoms with van der Waals surface area (Å²) in [6.07, 6.45) is 7.67. The first-order chi connectivity index (χ1) is 8.29. The Kier molecular flexibility index (Phi) is 4.14. The molecule has 0 spiro atoms. The number of aromatic nitrogens is 2. The van der Waals surface area contributed by atoms with E-state index in [2.05, 4.69) is 16.5 Å². The maximum atomic E-state index is 11.4. The molecule has 0 saturated heterocycles. The molecule has 5 heteroatoms. The molecule has 2 rings (SSSR count). The quantitative estimate of drug-likeness (QED) is 0.846. The van der Waals surface area contributed by atoms with E-state index < -0.39 is 0 Å². The summed E-state index contributed by atoms with van der Waals surface area (Å²) < 4.78 is 6.76. The minimum atomic E-state index is -0.0247. The molecule has 1 N–H and O–H groups in total. The summed E-state index contributed by atoms with van der Waals surface area (Å²) in [5.41, 5.74) is 0. The molecule has 1 aromatic heterocycles. The van der Waals surface area contributed by atoms with Crippen LogP contribution < -0.4 is 5.32 Å². The number of nitrogens with one attached hydrogen (secondary N) is 1. The van der Waals surface area contributed by atoms with Crippen LogP contribution in [0.3, 0.4) is 0 Å². The minimum absolute atomic E-state index is 0.0247. The van der Waals surface area contributed by atoms with Crippen molar-refractivity contribution in [2.75, 3.05) is 13.7 Å². The molecular weight excluding hydrogens is 218 g/mol. The van der Waals surface area contributed by atoms with E-state index in [0.717, 1.165) is 25.7 Å². The van der Waals surface area contributed by atoms with Gasteiger partial charge < -0.3 is 10.1 Å². The molecule has 17 heavy (non-hydrogen) atoms. The molecule has 93 valence electrons. The number of amides is 1. The van der Waals surface area contributed by atoms with E-state index in [0.29, 0.717) is 6.04 Å². The first-order valence-corrected chi connectivity index (χ1v) is 5.98. The molecule has 0 bridgehead atoms. The van der Waals surface area contributed by atoms with Gasteiger partial charge >= 0.3 is 0 Å². The second-order valence-corrected chi connectivity index (χ2v) is 4.43. The van der Waals surface area contributed by atoms with Crippen molar-refractivity contribution in [2.24, 2.45) is 0 Å². The summed E-state index contributed by atoms with van der Waals surface area (Å²) in [6, 6.07) is 3.69. The zero-order valence-corrected chi connectivity index (χ0v) is 10.1. The molecule has 1 heterocycles. The summed E-state index contributed by atoms with van der Waals surface area (Å²) >= 11 is 0. The van der Waals surface area contributed by atoms with E-state index in [4.69, 9.17) is 4.74 Å². The Morgan fingerprint density at radius 2 is 2.29 bits per heavy atom. The van der Waals surface area contributed by atoms with Crippen molar-refractivity contribution >= 4 is 5.91 Å². The van der Waals surface area contributed by atoms with Crippen LogP contribution in [0.4, 0.5) is 0 Å². The van der Waals surface area contributed by atoms with E-state index in [-0.39, 0.29) is 18.6 Å². The van der Waals surface area contributed by atoms with Crippen LogP contribution in [0.25, 0.3) is 0 Å². The average Bonchev–Trinajstić information content (AvgIpc) is 2.84. The fourth-order valence-corrected chi connectivity index (χ4v) is 2.33. The van der Waals surface area contributed by atoms with Crippen molar-refractivity contribution in [3.63, 3.8) is 0 Å². The largest absolute Gasteiger partial charge is 0.375 e. The molecule has 1 fully saturated rings. The predicted octanol–water partition coefficient (Wildman–Crippen LogP) is 0.930. The van der Waals surface area contributed by atoms with E-state index in [1.54, 1.807) is 6.20 Å². The third-order valence-corrected chi connectivity index (χ3v) is 3.18. The summed E-state index contributed by atoms with van der Waals surface area (Å²) in [5, 5.41) is 7.19.